The number of carbonyl (C=O) groups excluding carboxylic acids is 1. The van der Waals surface area contributed by atoms with Gasteiger partial charge in [0.2, 0.25) is 0 Å². The molecule has 1 aromatic rings. The number of ketones is 1. The zero-order valence-corrected chi connectivity index (χ0v) is 11.6. The smallest absolute Gasteiger partial charge is 0.165 e. The Kier molecular flexibility index (Phi) is 2.84. The zero-order chi connectivity index (χ0) is 14.4. The molecule has 0 saturated heterocycles. The van der Waals surface area contributed by atoms with Crippen LogP contribution in [-0.2, 0) is 4.79 Å². The summed E-state index contributed by atoms with van der Waals surface area (Å²) in [7, 11) is 0. The third kappa shape index (κ3) is 1.97. The van der Waals surface area contributed by atoms with Gasteiger partial charge in [-0.3, -0.25) is 4.79 Å². The van der Waals surface area contributed by atoms with Gasteiger partial charge in [0.1, 0.15) is 11.9 Å². The molecule has 2 aliphatic carbocycles. The lowest BCUT2D eigenvalue weighted by Crippen LogP contribution is -2.18. The summed E-state index contributed by atoms with van der Waals surface area (Å²) in [5.74, 6) is -0.0403. The average Bonchev–Trinajstić information content (AvgIpc) is 2.92. The van der Waals surface area contributed by atoms with E-state index in [1.807, 2.05) is 0 Å². The number of Topliss-reactive ketones (excluding diaryl/α,β-unsaturated/α-hetero) is 1. The third-order valence-electron chi connectivity index (χ3n) is 4.52. The molecule has 106 valence electrons. The van der Waals surface area contributed by atoms with Crippen molar-refractivity contribution in [2.24, 2.45) is 10.2 Å². The second-order valence-corrected chi connectivity index (χ2v) is 5.79. The fourth-order valence-electron chi connectivity index (χ4n) is 3.51. The lowest BCUT2D eigenvalue weighted by atomic mass is 9.77. The SMILES string of the molecule is O=C1CC2=C(C3=C1CCCC3)C(c1ccc(F)cc1)N=N2. The number of hydrogen-bond donors (Lipinski definition) is 0. The minimum atomic E-state index is -0.251. The van der Waals surface area contributed by atoms with E-state index >= 15 is 0 Å². The minimum Gasteiger partial charge on any atom is -0.294 e. The van der Waals surface area contributed by atoms with Crippen molar-refractivity contribution in [1.82, 2.24) is 0 Å². The Morgan fingerprint density at radius 1 is 1.05 bits per heavy atom. The van der Waals surface area contributed by atoms with Crippen molar-refractivity contribution in [3.8, 4) is 0 Å². The summed E-state index contributed by atoms with van der Waals surface area (Å²) in [5.41, 5.74) is 5.01. The topological polar surface area (TPSA) is 41.8 Å². The maximum absolute atomic E-state index is 13.1. The summed E-state index contributed by atoms with van der Waals surface area (Å²) >= 11 is 0. The predicted molar refractivity (Wildman–Crippen MR) is 76.1 cm³/mol. The first-order chi connectivity index (χ1) is 10.2. The summed E-state index contributed by atoms with van der Waals surface area (Å²) in [6.07, 6.45) is 4.38. The summed E-state index contributed by atoms with van der Waals surface area (Å²) in [5, 5.41) is 8.58. The number of azo groups is 1. The zero-order valence-electron chi connectivity index (χ0n) is 11.6. The van der Waals surface area contributed by atoms with Crippen LogP contribution in [0.4, 0.5) is 4.39 Å². The van der Waals surface area contributed by atoms with Crippen molar-refractivity contribution >= 4 is 5.78 Å². The molecule has 3 aliphatic rings. The second-order valence-electron chi connectivity index (χ2n) is 5.79. The van der Waals surface area contributed by atoms with E-state index in [1.165, 1.54) is 12.1 Å². The normalized spacial score (nSPS) is 24.4. The molecule has 21 heavy (non-hydrogen) atoms. The van der Waals surface area contributed by atoms with Crippen molar-refractivity contribution in [2.45, 2.75) is 38.1 Å². The molecule has 0 N–H and O–H groups in total. The Bertz CT molecular complexity index is 713. The van der Waals surface area contributed by atoms with Crippen LogP contribution in [0, 0.1) is 5.82 Å². The van der Waals surface area contributed by atoms with Crippen LogP contribution in [0.3, 0.4) is 0 Å². The molecule has 0 saturated carbocycles. The van der Waals surface area contributed by atoms with E-state index < -0.39 is 0 Å². The molecule has 0 amide bonds. The quantitative estimate of drug-likeness (QED) is 0.751. The Morgan fingerprint density at radius 2 is 1.76 bits per heavy atom. The largest absolute Gasteiger partial charge is 0.294 e. The second kappa shape index (κ2) is 4.72. The Balaban J connectivity index is 1.79. The van der Waals surface area contributed by atoms with Gasteiger partial charge in [0.25, 0.3) is 0 Å². The van der Waals surface area contributed by atoms with Crippen molar-refractivity contribution < 1.29 is 9.18 Å². The monoisotopic (exact) mass is 282 g/mol. The van der Waals surface area contributed by atoms with E-state index in [-0.39, 0.29) is 17.6 Å². The summed E-state index contributed by atoms with van der Waals surface area (Å²) in [4.78, 5) is 12.2. The van der Waals surface area contributed by atoms with Crippen LogP contribution in [0.2, 0.25) is 0 Å². The van der Waals surface area contributed by atoms with Crippen LogP contribution in [0.5, 0.6) is 0 Å². The third-order valence-corrected chi connectivity index (χ3v) is 4.52. The molecule has 4 heteroatoms. The van der Waals surface area contributed by atoms with Crippen molar-refractivity contribution in [3.05, 3.63) is 58.1 Å². The number of allylic oxidation sites excluding steroid dienone is 2. The van der Waals surface area contributed by atoms with E-state index in [2.05, 4.69) is 10.2 Å². The first kappa shape index (κ1) is 12.6. The molecule has 0 bridgehead atoms. The molecule has 4 rings (SSSR count). The van der Waals surface area contributed by atoms with Gasteiger partial charge in [0.05, 0.1) is 12.1 Å². The number of halogens is 1. The Hall–Kier alpha value is -2.10. The van der Waals surface area contributed by atoms with Gasteiger partial charge >= 0.3 is 0 Å². The molecule has 1 atom stereocenters. The number of hydrogen-bond acceptors (Lipinski definition) is 3. The predicted octanol–water partition coefficient (Wildman–Crippen LogP) is 4.43. The van der Waals surface area contributed by atoms with Gasteiger partial charge in [-0.2, -0.15) is 10.2 Å². The molecule has 0 fully saturated rings. The Labute approximate surface area is 122 Å². The van der Waals surface area contributed by atoms with E-state index in [0.717, 1.165) is 53.7 Å². The van der Waals surface area contributed by atoms with Crippen LogP contribution in [0.15, 0.2) is 56.9 Å². The van der Waals surface area contributed by atoms with Gasteiger partial charge < -0.3 is 0 Å². The first-order valence-electron chi connectivity index (χ1n) is 7.39. The molecule has 1 heterocycles. The standard InChI is InChI=1S/C17H15FN2O/c18-11-7-5-10(6-8-11)17-16-13-4-2-1-3-12(13)15(21)9-14(16)19-20-17/h5-8,17H,1-4,9H2. The van der Waals surface area contributed by atoms with E-state index in [9.17, 15) is 9.18 Å². The highest BCUT2D eigenvalue weighted by molar-refractivity contribution is 6.00. The van der Waals surface area contributed by atoms with Crippen molar-refractivity contribution in [1.29, 1.82) is 0 Å². The van der Waals surface area contributed by atoms with Crippen LogP contribution in [-0.4, -0.2) is 5.78 Å². The van der Waals surface area contributed by atoms with Crippen LogP contribution < -0.4 is 0 Å². The van der Waals surface area contributed by atoms with Gasteiger partial charge in [-0.15, -0.1) is 0 Å². The lowest BCUT2D eigenvalue weighted by molar-refractivity contribution is -0.115. The van der Waals surface area contributed by atoms with Crippen molar-refractivity contribution in [3.63, 3.8) is 0 Å². The molecule has 0 radical (unpaired) electrons. The summed E-state index contributed by atoms with van der Waals surface area (Å²) < 4.78 is 13.1. The van der Waals surface area contributed by atoms with Gasteiger partial charge in [0, 0.05) is 5.57 Å². The molecule has 0 spiro atoms. The summed E-state index contributed by atoms with van der Waals surface area (Å²) in [6, 6.07) is 6.25. The Morgan fingerprint density at radius 3 is 2.52 bits per heavy atom. The number of nitrogens with zero attached hydrogens (tertiary/aromatic N) is 2. The lowest BCUT2D eigenvalue weighted by Gasteiger charge is -2.27. The fraction of sp³-hybridized carbons (Fsp3) is 0.353. The highest BCUT2D eigenvalue weighted by Gasteiger charge is 2.36. The van der Waals surface area contributed by atoms with Gasteiger partial charge in [-0.25, -0.2) is 4.39 Å². The van der Waals surface area contributed by atoms with E-state index in [4.69, 9.17) is 0 Å². The maximum atomic E-state index is 13.1. The number of fused-ring (bicyclic) bond motifs is 1. The van der Waals surface area contributed by atoms with Crippen LogP contribution >= 0.6 is 0 Å². The molecule has 1 unspecified atom stereocenters. The highest BCUT2D eigenvalue weighted by atomic mass is 19.1. The number of rotatable bonds is 1. The van der Waals surface area contributed by atoms with E-state index in [0.29, 0.717) is 6.42 Å². The fourth-order valence-corrected chi connectivity index (χ4v) is 3.51. The molecular formula is C17H15FN2O. The maximum Gasteiger partial charge on any atom is 0.165 e. The molecular weight excluding hydrogens is 267 g/mol. The first-order valence-corrected chi connectivity index (χ1v) is 7.39. The van der Waals surface area contributed by atoms with Crippen LogP contribution in [0.1, 0.15) is 43.7 Å². The molecule has 3 nitrogen and oxygen atoms in total. The molecule has 0 aromatic heterocycles. The van der Waals surface area contributed by atoms with Crippen LogP contribution in [0.25, 0.3) is 0 Å². The number of benzene rings is 1. The van der Waals surface area contributed by atoms with Crippen molar-refractivity contribution in [2.75, 3.05) is 0 Å². The summed E-state index contributed by atoms with van der Waals surface area (Å²) in [6.45, 7) is 0. The van der Waals surface area contributed by atoms with Gasteiger partial charge in [0.15, 0.2) is 5.78 Å². The molecule has 1 aliphatic heterocycles. The molecule has 1 aromatic carbocycles. The number of carbonyl (C=O) groups is 1. The average molecular weight is 282 g/mol. The van der Waals surface area contributed by atoms with E-state index in [1.54, 1.807) is 12.1 Å². The van der Waals surface area contributed by atoms with Gasteiger partial charge in [-0.05, 0) is 54.5 Å². The van der Waals surface area contributed by atoms with Gasteiger partial charge in [-0.1, -0.05) is 12.1 Å². The minimum absolute atomic E-state index is 0.170. The highest BCUT2D eigenvalue weighted by Crippen LogP contribution is 2.47.